The summed E-state index contributed by atoms with van der Waals surface area (Å²) in [5.74, 6) is 1.03. The molecule has 0 aromatic heterocycles. The van der Waals surface area contributed by atoms with Crippen LogP contribution in [-0.2, 0) is 0 Å². The maximum atomic E-state index is 3.35. The van der Waals surface area contributed by atoms with Crippen LogP contribution in [0.2, 0.25) is 0 Å². The second kappa shape index (κ2) is 3.97. The lowest BCUT2D eigenvalue weighted by Gasteiger charge is -2.27. The Kier molecular flexibility index (Phi) is 3.20. The van der Waals surface area contributed by atoms with Crippen molar-refractivity contribution in [2.45, 2.75) is 45.1 Å². The SMILES string of the molecule is CCC1CCC(NC)CC1.[HH]. The molecule has 1 heteroatoms. The fraction of sp³-hybridized carbons (Fsp3) is 1.00. The van der Waals surface area contributed by atoms with Crippen molar-refractivity contribution in [1.29, 1.82) is 0 Å². The molecule has 10 heavy (non-hydrogen) atoms. The second-order valence-corrected chi connectivity index (χ2v) is 3.41. The lowest BCUT2D eigenvalue weighted by atomic mass is 9.85. The predicted octanol–water partition coefficient (Wildman–Crippen LogP) is 2.42. The van der Waals surface area contributed by atoms with Crippen LogP contribution in [-0.4, -0.2) is 13.1 Å². The van der Waals surface area contributed by atoms with Crippen molar-refractivity contribution < 1.29 is 1.43 Å². The van der Waals surface area contributed by atoms with Crippen molar-refractivity contribution in [3.8, 4) is 0 Å². The molecule has 1 rings (SSSR count). The van der Waals surface area contributed by atoms with Crippen LogP contribution in [0, 0.1) is 5.92 Å². The number of rotatable bonds is 2. The summed E-state index contributed by atoms with van der Waals surface area (Å²) in [6.07, 6.45) is 7.07. The molecule has 1 fully saturated rings. The van der Waals surface area contributed by atoms with E-state index >= 15 is 0 Å². The predicted molar refractivity (Wildman–Crippen MR) is 47.2 cm³/mol. The molecule has 0 aromatic carbocycles. The van der Waals surface area contributed by atoms with Gasteiger partial charge in [-0.25, -0.2) is 0 Å². The number of hydrogen-bond donors (Lipinski definition) is 1. The molecule has 1 N–H and O–H groups in total. The van der Waals surface area contributed by atoms with Crippen LogP contribution >= 0.6 is 0 Å². The fourth-order valence-corrected chi connectivity index (χ4v) is 1.86. The Hall–Kier alpha value is -0.0400. The molecule has 0 radical (unpaired) electrons. The van der Waals surface area contributed by atoms with Gasteiger partial charge >= 0.3 is 0 Å². The van der Waals surface area contributed by atoms with E-state index in [0.29, 0.717) is 0 Å². The van der Waals surface area contributed by atoms with E-state index in [2.05, 4.69) is 19.3 Å². The Labute approximate surface area is 65.7 Å². The molecule has 0 unspecified atom stereocenters. The summed E-state index contributed by atoms with van der Waals surface area (Å²) in [6.45, 7) is 2.31. The van der Waals surface area contributed by atoms with Crippen LogP contribution in [0.4, 0.5) is 0 Å². The highest BCUT2D eigenvalue weighted by atomic mass is 14.9. The van der Waals surface area contributed by atoms with Crippen LogP contribution in [0.25, 0.3) is 0 Å². The minimum absolute atomic E-state index is 0. The quantitative estimate of drug-likeness (QED) is 0.626. The average Bonchev–Trinajstić information content (AvgIpc) is 2.05. The van der Waals surface area contributed by atoms with Crippen LogP contribution in [0.1, 0.15) is 40.5 Å². The van der Waals surface area contributed by atoms with Crippen LogP contribution in [0.5, 0.6) is 0 Å². The van der Waals surface area contributed by atoms with Crippen molar-refractivity contribution >= 4 is 0 Å². The van der Waals surface area contributed by atoms with Gasteiger partial charge in [-0.05, 0) is 38.6 Å². The zero-order valence-corrected chi connectivity index (χ0v) is 7.19. The monoisotopic (exact) mass is 143 g/mol. The lowest BCUT2D eigenvalue weighted by molar-refractivity contribution is 0.296. The molecule has 0 saturated heterocycles. The third kappa shape index (κ3) is 1.98. The van der Waals surface area contributed by atoms with E-state index in [4.69, 9.17) is 0 Å². The Balaban J connectivity index is 0.000001000. The summed E-state index contributed by atoms with van der Waals surface area (Å²) in [7, 11) is 2.08. The Bertz CT molecular complexity index is 75.6. The highest BCUT2D eigenvalue weighted by Crippen LogP contribution is 2.25. The van der Waals surface area contributed by atoms with Crippen molar-refractivity contribution in [3.63, 3.8) is 0 Å². The Morgan fingerprint density at radius 3 is 2.30 bits per heavy atom. The number of hydrogen-bond acceptors (Lipinski definition) is 1. The van der Waals surface area contributed by atoms with Gasteiger partial charge in [0.15, 0.2) is 0 Å². The first-order valence-corrected chi connectivity index (χ1v) is 4.54. The summed E-state index contributed by atoms with van der Waals surface area (Å²) < 4.78 is 0. The zero-order chi connectivity index (χ0) is 7.40. The van der Waals surface area contributed by atoms with Gasteiger partial charge in [0.25, 0.3) is 0 Å². The molecular formula is C9H21N. The molecule has 0 atom stereocenters. The molecule has 1 saturated carbocycles. The molecule has 0 heterocycles. The molecule has 1 aliphatic rings. The summed E-state index contributed by atoms with van der Waals surface area (Å²) >= 11 is 0. The molecule has 0 aromatic rings. The van der Waals surface area contributed by atoms with Crippen molar-refractivity contribution in [2.24, 2.45) is 5.92 Å². The smallest absolute Gasteiger partial charge is 0.00642 e. The molecular weight excluding hydrogens is 122 g/mol. The first kappa shape index (κ1) is 8.06. The van der Waals surface area contributed by atoms with Crippen molar-refractivity contribution in [3.05, 3.63) is 0 Å². The van der Waals surface area contributed by atoms with Gasteiger partial charge in [-0.1, -0.05) is 13.3 Å². The van der Waals surface area contributed by atoms with Crippen LogP contribution < -0.4 is 5.32 Å². The molecule has 62 valence electrons. The van der Waals surface area contributed by atoms with Gasteiger partial charge in [0.2, 0.25) is 0 Å². The third-order valence-electron chi connectivity index (χ3n) is 2.83. The highest BCUT2D eigenvalue weighted by molar-refractivity contribution is 4.74. The Morgan fingerprint density at radius 1 is 1.30 bits per heavy atom. The lowest BCUT2D eigenvalue weighted by Crippen LogP contribution is -2.29. The molecule has 0 spiro atoms. The topological polar surface area (TPSA) is 12.0 Å². The minimum atomic E-state index is 0. The molecule has 0 aliphatic heterocycles. The molecule has 1 aliphatic carbocycles. The molecule has 0 bridgehead atoms. The summed E-state index contributed by atoms with van der Waals surface area (Å²) in [5.41, 5.74) is 0. The molecule has 0 amide bonds. The van der Waals surface area contributed by atoms with E-state index in [-0.39, 0.29) is 1.43 Å². The highest BCUT2D eigenvalue weighted by Gasteiger charge is 2.17. The van der Waals surface area contributed by atoms with Gasteiger partial charge in [-0.3, -0.25) is 0 Å². The van der Waals surface area contributed by atoms with E-state index in [0.717, 1.165) is 12.0 Å². The Morgan fingerprint density at radius 2 is 1.90 bits per heavy atom. The van der Waals surface area contributed by atoms with Gasteiger partial charge < -0.3 is 5.32 Å². The summed E-state index contributed by atoms with van der Waals surface area (Å²) in [5, 5.41) is 3.35. The van der Waals surface area contributed by atoms with Gasteiger partial charge in [0.1, 0.15) is 0 Å². The van der Waals surface area contributed by atoms with E-state index in [1.54, 1.807) is 0 Å². The van der Waals surface area contributed by atoms with Gasteiger partial charge in [-0.15, -0.1) is 0 Å². The van der Waals surface area contributed by atoms with Gasteiger partial charge in [0, 0.05) is 7.47 Å². The average molecular weight is 143 g/mol. The maximum Gasteiger partial charge on any atom is 0.00642 e. The zero-order valence-electron chi connectivity index (χ0n) is 7.19. The minimum Gasteiger partial charge on any atom is -0.317 e. The third-order valence-corrected chi connectivity index (χ3v) is 2.83. The standard InChI is InChI=1S/C9H19N.H2/c1-3-8-4-6-9(10-2)7-5-8;/h8-10H,3-7H2,1-2H3;1H. The number of nitrogens with one attached hydrogen (secondary N) is 1. The first-order valence-electron chi connectivity index (χ1n) is 4.54. The first-order chi connectivity index (χ1) is 4.86. The van der Waals surface area contributed by atoms with Crippen LogP contribution in [0.3, 0.4) is 0 Å². The molecule has 1 nitrogen and oxygen atoms in total. The van der Waals surface area contributed by atoms with Gasteiger partial charge in [0.05, 0.1) is 0 Å². The van der Waals surface area contributed by atoms with E-state index in [1.165, 1.54) is 32.1 Å². The largest absolute Gasteiger partial charge is 0.317 e. The van der Waals surface area contributed by atoms with E-state index in [1.807, 2.05) is 0 Å². The van der Waals surface area contributed by atoms with Gasteiger partial charge in [-0.2, -0.15) is 0 Å². The summed E-state index contributed by atoms with van der Waals surface area (Å²) in [4.78, 5) is 0. The van der Waals surface area contributed by atoms with Crippen molar-refractivity contribution in [1.82, 2.24) is 5.32 Å². The van der Waals surface area contributed by atoms with E-state index in [9.17, 15) is 0 Å². The fourth-order valence-electron chi connectivity index (χ4n) is 1.86. The van der Waals surface area contributed by atoms with Crippen molar-refractivity contribution in [2.75, 3.05) is 7.05 Å². The maximum absolute atomic E-state index is 3.35. The van der Waals surface area contributed by atoms with E-state index < -0.39 is 0 Å². The second-order valence-electron chi connectivity index (χ2n) is 3.41. The normalized spacial score (nSPS) is 34.2. The van der Waals surface area contributed by atoms with Crippen LogP contribution in [0.15, 0.2) is 0 Å². The summed E-state index contributed by atoms with van der Waals surface area (Å²) in [6, 6.07) is 0.822.